The Labute approximate surface area is 135 Å². The van der Waals surface area contributed by atoms with Crippen LogP contribution in [0.25, 0.3) is 11.5 Å². The van der Waals surface area contributed by atoms with Crippen molar-refractivity contribution in [2.24, 2.45) is 0 Å². The maximum atomic E-state index is 12.4. The van der Waals surface area contributed by atoms with Gasteiger partial charge in [-0.05, 0) is 31.2 Å². The molecular weight excluding hydrogens is 318 g/mol. The summed E-state index contributed by atoms with van der Waals surface area (Å²) in [5.41, 5.74) is 2.25. The quantitative estimate of drug-likeness (QED) is 0.790. The zero-order valence-corrected chi connectivity index (χ0v) is 12.5. The number of amides is 1. The first-order chi connectivity index (χ1) is 11.5. The smallest absolute Gasteiger partial charge is 0.314 e. The number of anilines is 1. The first kappa shape index (κ1) is 15.7. The molecule has 8 heteroatoms. The fraction of sp³-hybridized carbons (Fsp3) is 0.125. The highest BCUT2D eigenvalue weighted by molar-refractivity contribution is 6.02. The maximum Gasteiger partial charge on any atom is 0.314 e. The van der Waals surface area contributed by atoms with Crippen LogP contribution in [-0.2, 0) is 0 Å². The molecule has 0 bridgehead atoms. The van der Waals surface area contributed by atoms with Crippen LogP contribution >= 0.6 is 0 Å². The van der Waals surface area contributed by atoms with Crippen LogP contribution in [0.15, 0.2) is 47.0 Å². The summed E-state index contributed by atoms with van der Waals surface area (Å²) in [5.74, 6) is -1.22. The van der Waals surface area contributed by atoms with Crippen LogP contribution in [0.2, 0.25) is 0 Å². The van der Waals surface area contributed by atoms with Gasteiger partial charge in [-0.2, -0.15) is 8.78 Å². The standard InChI is InChI=1S/C16H12F2N4O2/c1-9-2-5-11(6-3-9)20-14(23)12-7-4-10(8-19-12)15-21-22-16(24-15)13(17)18/h2-8,13H,1H3,(H,20,23). The summed E-state index contributed by atoms with van der Waals surface area (Å²) in [6, 6.07) is 10.3. The molecule has 6 nitrogen and oxygen atoms in total. The van der Waals surface area contributed by atoms with E-state index in [2.05, 4.69) is 20.5 Å². The van der Waals surface area contributed by atoms with E-state index in [4.69, 9.17) is 4.42 Å². The van der Waals surface area contributed by atoms with Crippen LogP contribution in [0.1, 0.15) is 28.4 Å². The van der Waals surface area contributed by atoms with Gasteiger partial charge in [-0.15, -0.1) is 10.2 Å². The third-order valence-corrected chi connectivity index (χ3v) is 3.18. The molecule has 0 unspecified atom stereocenters. The number of carbonyl (C=O) groups excluding carboxylic acids is 1. The number of hydrogen-bond donors (Lipinski definition) is 1. The predicted octanol–water partition coefficient (Wildman–Crippen LogP) is 3.63. The molecule has 2 aromatic heterocycles. The topological polar surface area (TPSA) is 80.9 Å². The third-order valence-electron chi connectivity index (χ3n) is 3.18. The summed E-state index contributed by atoms with van der Waals surface area (Å²) in [6.45, 7) is 1.95. The van der Waals surface area contributed by atoms with Crippen LogP contribution < -0.4 is 5.32 Å². The highest BCUT2D eigenvalue weighted by Gasteiger charge is 2.17. The molecule has 3 aromatic rings. The van der Waals surface area contributed by atoms with E-state index in [1.165, 1.54) is 18.3 Å². The van der Waals surface area contributed by atoms with Gasteiger partial charge in [0.25, 0.3) is 11.8 Å². The van der Waals surface area contributed by atoms with E-state index in [9.17, 15) is 13.6 Å². The van der Waals surface area contributed by atoms with Gasteiger partial charge < -0.3 is 9.73 Å². The maximum absolute atomic E-state index is 12.4. The van der Waals surface area contributed by atoms with Crippen LogP contribution in [0.3, 0.4) is 0 Å². The number of rotatable bonds is 4. The Morgan fingerprint density at radius 2 is 1.88 bits per heavy atom. The van der Waals surface area contributed by atoms with Gasteiger partial charge in [-0.1, -0.05) is 17.7 Å². The molecule has 24 heavy (non-hydrogen) atoms. The van der Waals surface area contributed by atoms with E-state index in [1.807, 2.05) is 19.1 Å². The Balaban J connectivity index is 1.73. The van der Waals surface area contributed by atoms with E-state index >= 15 is 0 Å². The van der Waals surface area contributed by atoms with Gasteiger partial charge in [-0.3, -0.25) is 9.78 Å². The van der Waals surface area contributed by atoms with Crippen molar-refractivity contribution in [3.05, 3.63) is 59.7 Å². The summed E-state index contributed by atoms with van der Waals surface area (Å²) < 4.78 is 29.7. The van der Waals surface area contributed by atoms with E-state index in [0.29, 0.717) is 11.3 Å². The summed E-state index contributed by atoms with van der Waals surface area (Å²) in [4.78, 5) is 16.1. The van der Waals surface area contributed by atoms with E-state index in [-0.39, 0.29) is 17.5 Å². The number of aromatic nitrogens is 3. The molecule has 0 atom stereocenters. The molecular formula is C16H12F2N4O2. The second-order valence-corrected chi connectivity index (χ2v) is 5.00. The Morgan fingerprint density at radius 1 is 1.12 bits per heavy atom. The summed E-state index contributed by atoms with van der Waals surface area (Å²) in [7, 11) is 0. The van der Waals surface area contributed by atoms with Crippen molar-refractivity contribution < 1.29 is 18.0 Å². The molecule has 1 aromatic carbocycles. The molecule has 0 aliphatic carbocycles. The Morgan fingerprint density at radius 3 is 2.46 bits per heavy atom. The lowest BCUT2D eigenvalue weighted by atomic mass is 10.2. The number of nitrogens with zero attached hydrogens (tertiary/aromatic N) is 3. The summed E-state index contributed by atoms with van der Waals surface area (Å²) in [6.07, 6.45) is -1.52. The molecule has 0 aliphatic rings. The van der Waals surface area contributed by atoms with Crippen LogP contribution in [0, 0.1) is 6.92 Å². The second-order valence-electron chi connectivity index (χ2n) is 5.00. The highest BCUT2D eigenvalue weighted by atomic mass is 19.3. The van der Waals surface area contributed by atoms with Crippen molar-refractivity contribution in [3.8, 4) is 11.5 Å². The molecule has 0 saturated heterocycles. The van der Waals surface area contributed by atoms with Crippen molar-refractivity contribution in [2.75, 3.05) is 5.32 Å². The van der Waals surface area contributed by atoms with Crippen molar-refractivity contribution in [1.82, 2.24) is 15.2 Å². The number of alkyl halides is 2. The number of carbonyl (C=O) groups is 1. The number of pyridine rings is 1. The van der Waals surface area contributed by atoms with Crippen molar-refractivity contribution in [2.45, 2.75) is 13.3 Å². The second kappa shape index (κ2) is 6.53. The van der Waals surface area contributed by atoms with Gasteiger partial charge in [0, 0.05) is 11.9 Å². The molecule has 1 amide bonds. The van der Waals surface area contributed by atoms with E-state index < -0.39 is 12.3 Å². The van der Waals surface area contributed by atoms with Gasteiger partial charge in [0.15, 0.2) is 0 Å². The fourth-order valence-electron chi connectivity index (χ4n) is 1.93. The Kier molecular flexibility index (Phi) is 4.28. The van der Waals surface area contributed by atoms with Crippen molar-refractivity contribution in [1.29, 1.82) is 0 Å². The lowest BCUT2D eigenvalue weighted by molar-refractivity contribution is 0.102. The first-order valence-corrected chi connectivity index (χ1v) is 6.99. The minimum atomic E-state index is -2.83. The number of hydrogen-bond acceptors (Lipinski definition) is 5. The normalized spacial score (nSPS) is 10.8. The zero-order valence-electron chi connectivity index (χ0n) is 12.5. The third kappa shape index (κ3) is 3.43. The molecule has 122 valence electrons. The largest absolute Gasteiger partial charge is 0.415 e. The molecule has 2 heterocycles. The zero-order chi connectivity index (χ0) is 17.1. The summed E-state index contributed by atoms with van der Waals surface area (Å²) >= 11 is 0. The Bertz CT molecular complexity index is 845. The monoisotopic (exact) mass is 330 g/mol. The molecule has 3 rings (SSSR count). The minimum Gasteiger partial charge on any atom is -0.415 e. The average Bonchev–Trinajstić information content (AvgIpc) is 3.07. The molecule has 0 radical (unpaired) electrons. The highest BCUT2D eigenvalue weighted by Crippen LogP contribution is 2.22. The molecule has 0 spiro atoms. The van der Waals surface area contributed by atoms with Gasteiger partial charge in [-0.25, -0.2) is 0 Å². The predicted molar refractivity (Wildman–Crippen MR) is 81.6 cm³/mol. The first-order valence-electron chi connectivity index (χ1n) is 6.99. The number of halogens is 2. The number of aryl methyl sites for hydroxylation is 1. The summed E-state index contributed by atoms with van der Waals surface area (Å²) in [5, 5.41) is 9.47. The Hall–Kier alpha value is -3.16. The number of benzene rings is 1. The lowest BCUT2D eigenvalue weighted by Gasteiger charge is -2.05. The fourth-order valence-corrected chi connectivity index (χ4v) is 1.93. The molecule has 0 aliphatic heterocycles. The van der Waals surface area contributed by atoms with Crippen LogP contribution in [0.4, 0.5) is 14.5 Å². The van der Waals surface area contributed by atoms with Gasteiger partial charge in [0.2, 0.25) is 5.89 Å². The van der Waals surface area contributed by atoms with E-state index in [0.717, 1.165) is 5.56 Å². The lowest BCUT2D eigenvalue weighted by Crippen LogP contribution is -2.13. The number of nitrogens with one attached hydrogen (secondary N) is 1. The van der Waals surface area contributed by atoms with E-state index in [1.54, 1.807) is 12.1 Å². The van der Waals surface area contributed by atoms with Gasteiger partial charge >= 0.3 is 6.43 Å². The van der Waals surface area contributed by atoms with Crippen LogP contribution in [-0.4, -0.2) is 21.1 Å². The van der Waals surface area contributed by atoms with Gasteiger partial charge in [0.1, 0.15) is 5.69 Å². The average molecular weight is 330 g/mol. The minimum absolute atomic E-state index is 0.0803. The molecule has 0 saturated carbocycles. The van der Waals surface area contributed by atoms with Crippen molar-refractivity contribution in [3.63, 3.8) is 0 Å². The molecule has 1 N–H and O–H groups in total. The SMILES string of the molecule is Cc1ccc(NC(=O)c2ccc(-c3nnc(C(F)F)o3)cn2)cc1. The van der Waals surface area contributed by atoms with Gasteiger partial charge in [0.05, 0.1) is 5.56 Å². The van der Waals surface area contributed by atoms with Crippen molar-refractivity contribution >= 4 is 11.6 Å². The molecule has 0 fully saturated rings. The van der Waals surface area contributed by atoms with Crippen LogP contribution in [0.5, 0.6) is 0 Å².